The van der Waals surface area contributed by atoms with Crippen molar-refractivity contribution in [1.82, 2.24) is 10.6 Å². The zero-order valence-corrected chi connectivity index (χ0v) is 18.1. The van der Waals surface area contributed by atoms with Gasteiger partial charge in [0.05, 0.1) is 0 Å². The highest BCUT2D eigenvalue weighted by Gasteiger charge is 2.22. The number of para-hydroxylation sites is 2. The van der Waals surface area contributed by atoms with E-state index in [2.05, 4.69) is 77.7 Å². The lowest BCUT2D eigenvalue weighted by molar-refractivity contribution is 0.129. The van der Waals surface area contributed by atoms with E-state index < -0.39 is 0 Å². The fraction of sp³-hybridized carbons (Fsp3) is 0.458. The van der Waals surface area contributed by atoms with Crippen molar-refractivity contribution in [2.24, 2.45) is 10.9 Å². The van der Waals surface area contributed by atoms with Crippen LogP contribution in [0.1, 0.15) is 32.8 Å². The van der Waals surface area contributed by atoms with Gasteiger partial charge >= 0.3 is 0 Å². The Morgan fingerprint density at radius 2 is 1.79 bits per heavy atom. The van der Waals surface area contributed by atoms with Crippen molar-refractivity contribution < 1.29 is 4.74 Å². The van der Waals surface area contributed by atoms with Crippen LogP contribution in [0.15, 0.2) is 59.6 Å². The first kappa shape index (κ1) is 21.0. The molecule has 2 aromatic carbocycles. The van der Waals surface area contributed by atoms with E-state index in [1.807, 2.05) is 25.2 Å². The van der Waals surface area contributed by atoms with Gasteiger partial charge in [0, 0.05) is 44.5 Å². The van der Waals surface area contributed by atoms with Crippen molar-refractivity contribution in [3.8, 4) is 5.75 Å². The second kappa shape index (κ2) is 9.68. The second-order valence-electron chi connectivity index (χ2n) is 8.57. The molecule has 2 N–H and O–H groups in total. The number of guanidine groups is 1. The van der Waals surface area contributed by atoms with Gasteiger partial charge in [-0.15, -0.1) is 0 Å². The van der Waals surface area contributed by atoms with Gasteiger partial charge in [0.15, 0.2) is 5.96 Å². The highest BCUT2D eigenvalue weighted by molar-refractivity contribution is 5.79. The third kappa shape index (κ3) is 6.41. The Kier molecular flexibility index (Phi) is 7.02. The summed E-state index contributed by atoms with van der Waals surface area (Å²) < 4.78 is 6.09. The SMILES string of the molecule is CN=C(NCc1ccccc1OC(C)(C)C)NCC1CCN(c2ccccc2)C1. The molecule has 0 radical (unpaired) electrons. The van der Waals surface area contributed by atoms with E-state index in [-0.39, 0.29) is 5.60 Å². The standard InChI is InChI=1S/C24H34N4O/c1-24(2,3)29-22-13-9-8-10-20(22)17-27-23(25-4)26-16-19-14-15-28(18-19)21-11-6-5-7-12-21/h5-13,19H,14-18H2,1-4H3,(H2,25,26,27). The van der Waals surface area contributed by atoms with Crippen molar-refractivity contribution in [3.63, 3.8) is 0 Å². The molecule has 0 bridgehead atoms. The summed E-state index contributed by atoms with van der Waals surface area (Å²) in [5, 5.41) is 6.92. The van der Waals surface area contributed by atoms with Gasteiger partial charge in [0.1, 0.15) is 11.4 Å². The third-order valence-corrected chi connectivity index (χ3v) is 5.02. The molecule has 0 aromatic heterocycles. The molecule has 0 saturated carbocycles. The first-order chi connectivity index (χ1) is 13.9. The molecule has 1 saturated heterocycles. The van der Waals surface area contributed by atoms with Crippen molar-refractivity contribution in [2.45, 2.75) is 39.3 Å². The number of hydrogen-bond acceptors (Lipinski definition) is 3. The molecule has 2 aromatic rings. The Morgan fingerprint density at radius 3 is 2.52 bits per heavy atom. The highest BCUT2D eigenvalue weighted by atomic mass is 16.5. The molecule has 0 amide bonds. The predicted octanol–water partition coefficient (Wildman–Crippen LogP) is 4.06. The average molecular weight is 395 g/mol. The Labute approximate surface area is 175 Å². The van der Waals surface area contributed by atoms with Crippen molar-refractivity contribution in [2.75, 3.05) is 31.6 Å². The monoisotopic (exact) mass is 394 g/mol. The minimum atomic E-state index is -0.219. The van der Waals surface area contributed by atoms with Crippen molar-refractivity contribution in [1.29, 1.82) is 0 Å². The smallest absolute Gasteiger partial charge is 0.191 e. The molecule has 1 fully saturated rings. The molecule has 1 heterocycles. The minimum absolute atomic E-state index is 0.219. The summed E-state index contributed by atoms with van der Waals surface area (Å²) in [6.45, 7) is 9.99. The second-order valence-corrected chi connectivity index (χ2v) is 8.57. The zero-order valence-electron chi connectivity index (χ0n) is 18.1. The molecule has 156 valence electrons. The fourth-order valence-corrected chi connectivity index (χ4v) is 3.59. The number of hydrogen-bond donors (Lipinski definition) is 2. The minimum Gasteiger partial charge on any atom is -0.488 e. The number of ether oxygens (including phenoxy) is 1. The van der Waals surface area contributed by atoms with E-state index in [9.17, 15) is 0 Å². The van der Waals surface area contributed by atoms with Gasteiger partial charge in [0.25, 0.3) is 0 Å². The van der Waals surface area contributed by atoms with E-state index in [1.54, 1.807) is 0 Å². The van der Waals surface area contributed by atoms with Gasteiger partial charge in [-0.25, -0.2) is 0 Å². The lowest BCUT2D eigenvalue weighted by Crippen LogP contribution is -2.40. The summed E-state index contributed by atoms with van der Waals surface area (Å²) in [6.07, 6.45) is 1.20. The molecule has 1 unspecified atom stereocenters. The van der Waals surface area contributed by atoms with Crippen LogP contribution in [0.2, 0.25) is 0 Å². The number of rotatable bonds is 6. The number of nitrogens with zero attached hydrogens (tertiary/aromatic N) is 2. The van der Waals surface area contributed by atoms with E-state index in [1.165, 1.54) is 12.1 Å². The van der Waals surface area contributed by atoms with Crippen LogP contribution < -0.4 is 20.3 Å². The molecule has 29 heavy (non-hydrogen) atoms. The Hall–Kier alpha value is -2.69. The normalized spacial score (nSPS) is 17.3. The van der Waals surface area contributed by atoms with Crippen molar-refractivity contribution >= 4 is 11.6 Å². The quantitative estimate of drug-likeness (QED) is 0.573. The molecule has 3 rings (SSSR count). The molecule has 1 atom stereocenters. The molecule has 5 heteroatoms. The van der Waals surface area contributed by atoms with Gasteiger partial charge in [-0.1, -0.05) is 36.4 Å². The maximum Gasteiger partial charge on any atom is 0.191 e. The summed E-state index contributed by atoms with van der Waals surface area (Å²) in [6, 6.07) is 18.8. The Morgan fingerprint density at radius 1 is 1.07 bits per heavy atom. The topological polar surface area (TPSA) is 48.9 Å². The van der Waals surface area contributed by atoms with Crippen LogP contribution in [0.3, 0.4) is 0 Å². The van der Waals surface area contributed by atoms with E-state index in [0.717, 1.165) is 36.9 Å². The number of benzene rings is 2. The maximum atomic E-state index is 6.09. The van der Waals surface area contributed by atoms with Gasteiger partial charge in [0.2, 0.25) is 0 Å². The number of anilines is 1. The maximum absolute atomic E-state index is 6.09. The van der Waals surface area contributed by atoms with E-state index >= 15 is 0 Å². The molecular weight excluding hydrogens is 360 g/mol. The van der Waals surface area contributed by atoms with Crippen LogP contribution in [0, 0.1) is 5.92 Å². The molecule has 0 spiro atoms. The molecule has 5 nitrogen and oxygen atoms in total. The van der Waals surface area contributed by atoms with Crippen LogP contribution in [0.4, 0.5) is 5.69 Å². The summed E-state index contributed by atoms with van der Waals surface area (Å²) in [4.78, 5) is 6.85. The first-order valence-electron chi connectivity index (χ1n) is 10.5. The van der Waals surface area contributed by atoms with Gasteiger partial charge in [-0.05, 0) is 51.3 Å². The number of aliphatic imine (C=N–C) groups is 1. The van der Waals surface area contributed by atoms with Gasteiger partial charge in [-0.3, -0.25) is 4.99 Å². The van der Waals surface area contributed by atoms with Crippen LogP contribution in [0.5, 0.6) is 5.75 Å². The molecular formula is C24H34N4O. The molecule has 0 aliphatic carbocycles. The van der Waals surface area contributed by atoms with Crippen LogP contribution >= 0.6 is 0 Å². The first-order valence-corrected chi connectivity index (χ1v) is 10.5. The van der Waals surface area contributed by atoms with Crippen LogP contribution in [0.25, 0.3) is 0 Å². The summed E-state index contributed by atoms with van der Waals surface area (Å²) in [5.74, 6) is 2.36. The van der Waals surface area contributed by atoms with E-state index in [0.29, 0.717) is 12.5 Å². The summed E-state index contributed by atoms with van der Waals surface area (Å²) >= 11 is 0. The van der Waals surface area contributed by atoms with Gasteiger partial charge < -0.3 is 20.3 Å². The fourth-order valence-electron chi connectivity index (χ4n) is 3.59. The zero-order chi connectivity index (χ0) is 20.7. The largest absolute Gasteiger partial charge is 0.488 e. The lowest BCUT2D eigenvalue weighted by Gasteiger charge is -2.23. The van der Waals surface area contributed by atoms with Gasteiger partial charge in [-0.2, -0.15) is 0 Å². The van der Waals surface area contributed by atoms with Crippen molar-refractivity contribution in [3.05, 3.63) is 60.2 Å². The predicted molar refractivity (Wildman–Crippen MR) is 122 cm³/mol. The summed E-state index contributed by atoms with van der Waals surface area (Å²) in [5.41, 5.74) is 2.22. The molecule has 1 aliphatic rings. The lowest BCUT2D eigenvalue weighted by atomic mass is 10.1. The van der Waals surface area contributed by atoms with E-state index in [4.69, 9.17) is 4.74 Å². The third-order valence-electron chi connectivity index (χ3n) is 5.02. The Balaban J connectivity index is 1.49. The summed E-state index contributed by atoms with van der Waals surface area (Å²) in [7, 11) is 1.82. The van der Waals surface area contributed by atoms with Crippen LogP contribution in [-0.4, -0.2) is 38.2 Å². The Bertz CT molecular complexity index is 798. The molecule has 1 aliphatic heterocycles. The van der Waals surface area contributed by atoms with Crippen LogP contribution in [-0.2, 0) is 6.54 Å². The number of nitrogens with one attached hydrogen (secondary N) is 2. The highest BCUT2D eigenvalue weighted by Crippen LogP contribution is 2.24. The average Bonchev–Trinajstić information content (AvgIpc) is 3.18.